The summed E-state index contributed by atoms with van der Waals surface area (Å²) in [6.07, 6.45) is 5.42. The Bertz CT molecular complexity index is 487. The van der Waals surface area contributed by atoms with Crippen molar-refractivity contribution in [2.75, 3.05) is 0 Å². The van der Waals surface area contributed by atoms with Crippen molar-refractivity contribution in [2.45, 2.75) is 38.1 Å². The summed E-state index contributed by atoms with van der Waals surface area (Å²) in [6.45, 7) is 0. The van der Waals surface area contributed by atoms with Gasteiger partial charge in [0.2, 0.25) is 0 Å². The van der Waals surface area contributed by atoms with Crippen LogP contribution in [-0.4, -0.2) is 17.1 Å². The van der Waals surface area contributed by atoms with E-state index in [4.69, 9.17) is 0 Å². The number of benzene rings is 1. The summed E-state index contributed by atoms with van der Waals surface area (Å²) in [7, 11) is 0. The molecule has 1 atom stereocenters. The van der Waals surface area contributed by atoms with Crippen LogP contribution in [0, 0.1) is 17.2 Å². The molecule has 0 saturated heterocycles. The molecule has 1 aliphatic carbocycles. The molecule has 19 heavy (non-hydrogen) atoms. The molecular weight excluding hydrogens is 240 g/mol. The molecule has 1 saturated carbocycles. The molecule has 0 spiro atoms. The Morgan fingerprint density at radius 1 is 1.32 bits per heavy atom. The molecule has 4 heteroatoms. The standard InChI is InChI=1S/C15H18N2O2/c16-10-13(11-6-2-1-3-7-11)17-15(19)12-8-4-5-9-14(12)18/h4-5,8-9,11,13,18H,1-3,6-7H2,(H,17,19). The van der Waals surface area contributed by atoms with E-state index in [1.54, 1.807) is 18.2 Å². The minimum absolute atomic E-state index is 0.0552. The second-order valence-corrected chi connectivity index (χ2v) is 5.00. The normalized spacial score (nSPS) is 17.4. The zero-order chi connectivity index (χ0) is 13.7. The van der Waals surface area contributed by atoms with Crippen LogP contribution in [0.4, 0.5) is 0 Å². The first-order chi connectivity index (χ1) is 9.22. The summed E-state index contributed by atoms with van der Waals surface area (Å²) >= 11 is 0. The fourth-order valence-corrected chi connectivity index (χ4v) is 2.61. The molecule has 1 unspecified atom stereocenters. The van der Waals surface area contributed by atoms with Crippen LogP contribution in [0.2, 0.25) is 0 Å². The predicted molar refractivity (Wildman–Crippen MR) is 71.5 cm³/mol. The molecule has 0 aromatic heterocycles. The summed E-state index contributed by atoms with van der Waals surface area (Å²) in [5, 5.41) is 21.6. The summed E-state index contributed by atoms with van der Waals surface area (Å²) in [6, 6.07) is 8.09. The van der Waals surface area contributed by atoms with E-state index >= 15 is 0 Å². The van der Waals surface area contributed by atoms with Crippen LogP contribution in [0.15, 0.2) is 24.3 Å². The SMILES string of the molecule is N#CC(NC(=O)c1ccccc1O)C1CCCCC1. The van der Waals surface area contributed by atoms with Crippen molar-refractivity contribution in [2.24, 2.45) is 5.92 Å². The summed E-state index contributed by atoms with van der Waals surface area (Å²) in [4.78, 5) is 12.1. The summed E-state index contributed by atoms with van der Waals surface area (Å²) in [5.74, 6) is -0.205. The molecule has 0 radical (unpaired) electrons. The van der Waals surface area contributed by atoms with E-state index < -0.39 is 6.04 Å². The Morgan fingerprint density at radius 3 is 2.63 bits per heavy atom. The van der Waals surface area contributed by atoms with Gasteiger partial charge in [-0.15, -0.1) is 0 Å². The lowest BCUT2D eigenvalue weighted by Crippen LogP contribution is -2.40. The molecule has 0 aliphatic heterocycles. The molecule has 4 nitrogen and oxygen atoms in total. The van der Waals surface area contributed by atoms with Gasteiger partial charge >= 0.3 is 0 Å². The highest BCUT2D eigenvalue weighted by molar-refractivity contribution is 5.97. The first-order valence-corrected chi connectivity index (χ1v) is 6.71. The predicted octanol–water partition coefficient (Wildman–Crippen LogP) is 2.59. The van der Waals surface area contributed by atoms with Gasteiger partial charge in [-0.3, -0.25) is 4.79 Å². The van der Waals surface area contributed by atoms with E-state index in [2.05, 4.69) is 11.4 Å². The Morgan fingerprint density at radius 2 is 2.00 bits per heavy atom. The van der Waals surface area contributed by atoms with Gasteiger partial charge in [-0.1, -0.05) is 31.4 Å². The number of carbonyl (C=O) groups excluding carboxylic acids is 1. The maximum atomic E-state index is 12.1. The van der Waals surface area contributed by atoms with Gasteiger partial charge < -0.3 is 10.4 Å². The minimum atomic E-state index is -0.465. The number of aromatic hydroxyl groups is 1. The maximum absolute atomic E-state index is 12.1. The average molecular weight is 258 g/mol. The molecule has 2 rings (SSSR count). The van der Waals surface area contributed by atoms with E-state index in [0.717, 1.165) is 25.7 Å². The molecule has 0 heterocycles. The molecule has 0 bridgehead atoms. The fraction of sp³-hybridized carbons (Fsp3) is 0.467. The largest absolute Gasteiger partial charge is 0.507 e. The van der Waals surface area contributed by atoms with Crippen molar-refractivity contribution in [3.8, 4) is 11.8 Å². The number of hydrogen-bond donors (Lipinski definition) is 2. The van der Waals surface area contributed by atoms with Crippen molar-refractivity contribution in [3.05, 3.63) is 29.8 Å². The van der Waals surface area contributed by atoms with Gasteiger partial charge in [0.1, 0.15) is 11.8 Å². The Hall–Kier alpha value is -2.02. The molecular formula is C15H18N2O2. The van der Waals surface area contributed by atoms with Crippen molar-refractivity contribution in [3.63, 3.8) is 0 Å². The number of nitriles is 1. The van der Waals surface area contributed by atoms with Crippen molar-refractivity contribution in [1.29, 1.82) is 5.26 Å². The van der Waals surface area contributed by atoms with E-state index in [9.17, 15) is 15.2 Å². The minimum Gasteiger partial charge on any atom is -0.507 e. The molecule has 1 amide bonds. The first kappa shape index (κ1) is 13.4. The lowest BCUT2D eigenvalue weighted by atomic mass is 9.84. The summed E-state index contributed by atoms with van der Waals surface area (Å²) in [5.41, 5.74) is 0.221. The van der Waals surface area contributed by atoms with E-state index in [1.165, 1.54) is 12.5 Å². The Balaban J connectivity index is 2.04. The second-order valence-electron chi connectivity index (χ2n) is 5.00. The third-order valence-corrected chi connectivity index (χ3v) is 3.70. The number of nitrogens with one attached hydrogen (secondary N) is 1. The lowest BCUT2D eigenvalue weighted by molar-refractivity contribution is 0.0926. The average Bonchev–Trinajstić information content (AvgIpc) is 2.46. The third-order valence-electron chi connectivity index (χ3n) is 3.70. The number of nitrogens with zero attached hydrogens (tertiary/aromatic N) is 1. The van der Waals surface area contributed by atoms with E-state index in [0.29, 0.717) is 0 Å². The van der Waals surface area contributed by atoms with Gasteiger partial charge in [0.25, 0.3) is 5.91 Å². The fourth-order valence-electron chi connectivity index (χ4n) is 2.61. The van der Waals surface area contributed by atoms with Gasteiger partial charge in [0.15, 0.2) is 0 Å². The van der Waals surface area contributed by atoms with Gasteiger partial charge in [0, 0.05) is 0 Å². The highest BCUT2D eigenvalue weighted by Gasteiger charge is 2.25. The van der Waals surface area contributed by atoms with Crippen LogP contribution < -0.4 is 5.32 Å². The number of carbonyl (C=O) groups is 1. The van der Waals surface area contributed by atoms with E-state index in [-0.39, 0.29) is 23.1 Å². The van der Waals surface area contributed by atoms with Gasteiger partial charge in [-0.2, -0.15) is 5.26 Å². The topological polar surface area (TPSA) is 73.1 Å². The summed E-state index contributed by atoms with van der Waals surface area (Å²) < 4.78 is 0. The molecule has 1 aliphatic rings. The zero-order valence-electron chi connectivity index (χ0n) is 10.8. The van der Waals surface area contributed by atoms with Crippen molar-refractivity contribution < 1.29 is 9.90 Å². The highest BCUT2D eigenvalue weighted by atomic mass is 16.3. The van der Waals surface area contributed by atoms with Gasteiger partial charge in [0.05, 0.1) is 11.6 Å². The Kier molecular flexibility index (Phi) is 4.40. The van der Waals surface area contributed by atoms with E-state index in [1.807, 2.05) is 0 Å². The first-order valence-electron chi connectivity index (χ1n) is 6.71. The van der Waals surface area contributed by atoms with Crippen molar-refractivity contribution in [1.82, 2.24) is 5.32 Å². The van der Waals surface area contributed by atoms with Crippen LogP contribution in [-0.2, 0) is 0 Å². The smallest absolute Gasteiger partial charge is 0.256 e. The van der Waals surface area contributed by atoms with Crippen molar-refractivity contribution >= 4 is 5.91 Å². The van der Waals surface area contributed by atoms with Crippen LogP contribution in [0.1, 0.15) is 42.5 Å². The number of phenols is 1. The molecule has 1 aromatic rings. The third kappa shape index (κ3) is 3.25. The van der Waals surface area contributed by atoms with Gasteiger partial charge in [-0.05, 0) is 30.9 Å². The second kappa shape index (κ2) is 6.24. The van der Waals surface area contributed by atoms with Crippen LogP contribution >= 0.6 is 0 Å². The van der Waals surface area contributed by atoms with Crippen LogP contribution in [0.3, 0.4) is 0 Å². The molecule has 2 N–H and O–H groups in total. The monoisotopic (exact) mass is 258 g/mol. The number of rotatable bonds is 3. The maximum Gasteiger partial charge on any atom is 0.256 e. The number of phenolic OH excluding ortho intramolecular Hbond substituents is 1. The number of amides is 1. The zero-order valence-corrected chi connectivity index (χ0v) is 10.8. The molecule has 1 aromatic carbocycles. The highest BCUT2D eigenvalue weighted by Crippen LogP contribution is 2.26. The molecule has 1 fully saturated rings. The number of para-hydroxylation sites is 1. The van der Waals surface area contributed by atoms with Gasteiger partial charge in [-0.25, -0.2) is 0 Å². The number of hydrogen-bond acceptors (Lipinski definition) is 3. The lowest BCUT2D eigenvalue weighted by Gasteiger charge is -2.26. The quantitative estimate of drug-likeness (QED) is 0.875. The van der Waals surface area contributed by atoms with Crippen LogP contribution in [0.25, 0.3) is 0 Å². The Labute approximate surface area is 113 Å². The molecule has 100 valence electrons. The van der Waals surface area contributed by atoms with Crippen LogP contribution in [0.5, 0.6) is 5.75 Å².